The van der Waals surface area contributed by atoms with Gasteiger partial charge >= 0.3 is 0 Å². The molecule has 11 heteroatoms. The van der Waals surface area contributed by atoms with Crippen molar-refractivity contribution in [3.05, 3.63) is 72.6 Å². The van der Waals surface area contributed by atoms with Crippen molar-refractivity contribution >= 4 is 38.4 Å². The van der Waals surface area contributed by atoms with E-state index in [9.17, 15) is 12.8 Å². The van der Waals surface area contributed by atoms with Gasteiger partial charge in [-0.15, -0.1) is 0 Å². The van der Waals surface area contributed by atoms with Crippen LogP contribution in [0.25, 0.3) is 11.0 Å². The lowest BCUT2D eigenvalue weighted by Crippen LogP contribution is -2.35. The molecule has 0 unspecified atom stereocenters. The molecule has 4 heterocycles. The van der Waals surface area contributed by atoms with Gasteiger partial charge in [0.05, 0.1) is 23.0 Å². The third-order valence-electron chi connectivity index (χ3n) is 6.00. The minimum absolute atomic E-state index is 0.234. The molecule has 1 atom stereocenters. The van der Waals surface area contributed by atoms with Crippen LogP contribution in [-0.4, -0.2) is 54.5 Å². The number of H-pyrrole nitrogens is 1. The Morgan fingerprint density at radius 3 is 2.74 bits per heavy atom. The summed E-state index contributed by atoms with van der Waals surface area (Å²) >= 11 is 0. The molecule has 1 aliphatic heterocycles. The molecule has 0 bridgehead atoms. The molecule has 0 saturated carbocycles. The van der Waals surface area contributed by atoms with Crippen LogP contribution < -0.4 is 14.5 Å². The van der Waals surface area contributed by atoms with Gasteiger partial charge in [0.25, 0.3) is 0 Å². The normalized spacial score (nSPS) is 16.2. The number of aromatic nitrogens is 4. The Labute approximate surface area is 196 Å². The highest BCUT2D eigenvalue weighted by atomic mass is 32.2. The van der Waals surface area contributed by atoms with E-state index in [4.69, 9.17) is 0 Å². The van der Waals surface area contributed by atoms with Crippen LogP contribution in [0.4, 0.5) is 21.7 Å². The number of sulfonamides is 1. The summed E-state index contributed by atoms with van der Waals surface area (Å²) in [4.78, 5) is 20.7. The van der Waals surface area contributed by atoms with Gasteiger partial charge in [0.15, 0.2) is 0 Å². The number of benzene rings is 1. The second-order valence-corrected chi connectivity index (χ2v) is 10.1. The lowest BCUT2D eigenvalue weighted by molar-refractivity contribution is 0.600. The van der Waals surface area contributed by atoms with E-state index in [0.717, 1.165) is 42.2 Å². The second kappa shape index (κ2) is 8.90. The number of hydrogen-bond acceptors (Lipinski definition) is 7. The molecule has 1 saturated heterocycles. The first-order valence-electron chi connectivity index (χ1n) is 10.8. The fraction of sp³-hybridized carbons (Fsp3) is 0.261. The predicted molar refractivity (Wildman–Crippen MR) is 130 cm³/mol. The molecule has 0 spiro atoms. The summed E-state index contributed by atoms with van der Waals surface area (Å²) in [6.45, 7) is 1.66. The Morgan fingerprint density at radius 1 is 1.15 bits per heavy atom. The third kappa shape index (κ3) is 4.65. The molecule has 34 heavy (non-hydrogen) atoms. The second-order valence-electron chi connectivity index (χ2n) is 8.33. The van der Waals surface area contributed by atoms with Crippen LogP contribution in [0.5, 0.6) is 0 Å². The predicted octanol–water partition coefficient (Wildman–Crippen LogP) is 3.15. The zero-order valence-corrected chi connectivity index (χ0v) is 19.3. The summed E-state index contributed by atoms with van der Waals surface area (Å²) in [5.41, 5.74) is 1.70. The number of fused-ring (bicyclic) bond motifs is 1. The first-order valence-corrected chi connectivity index (χ1v) is 12.5. The third-order valence-corrected chi connectivity index (χ3v) is 7.26. The van der Waals surface area contributed by atoms with Crippen LogP contribution in [0.1, 0.15) is 12.0 Å². The molecule has 1 fully saturated rings. The van der Waals surface area contributed by atoms with Gasteiger partial charge in [0.2, 0.25) is 10.0 Å². The SMILES string of the molecule is CN(c1ccc(NS(=O)(=O)Cc2ccc(F)cc2)cn1)[C@@H]1CCN(c2ncnc3[nH]ccc23)C1. The monoisotopic (exact) mass is 481 g/mol. The van der Waals surface area contributed by atoms with E-state index in [1.165, 1.54) is 30.5 Å². The lowest BCUT2D eigenvalue weighted by atomic mass is 10.2. The van der Waals surface area contributed by atoms with Crippen LogP contribution >= 0.6 is 0 Å². The number of anilines is 3. The van der Waals surface area contributed by atoms with Crippen molar-refractivity contribution < 1.29 is 12.8 Å². The Kier molecular flexibility index (Phi) is 5.78. The highest BCUT2D eigenvalue weighted by Crippen LogP contribution is 2.28. The van der Waals surface area contributed by atoms with Crippen LogP contribution in [0, 0.1) is 5.82 Å². The summed E-state index contributed by atoms with van der Waals surface area (Å²) in [7, 11) is -1.66. The molecular weight excluding hydrogens is 457 g/mol. The van der Waals surface area contributed by atoms with E-state index in [1.54, 1.807) is 18.5 Å². The zero-order chi connectivity index (χ0) is 23.7. The first kappa shape index (κ1) is 22.1. The maximum absolute atomic E-state index is 13.1. The molecule has 3 aromatic heterocycles. The summed E-state index contributed by atoms with van der Waals surface area (Å²) < 4.78 is 40.5. The number of rotatable bonds is 7. The van der Waals surface area contributed by atoms with Crippen molar-refractivity contribution in [3.63, 3.8) is 0 Å². The van der Waals surface area contributed by atoms with Gasteiger partial charge in [-0.3, -0.25) is 4.72 Å². The zero-order valence-electron chi connectivity index (χ0n) is 18.5. The maximum Gasteiger partial charge on any atom is 0.236 e. The van der Waals surface area contributed by atoms with Crippen LogP contribution in [-0.2, 0) is 15.8 Å². The molecule has 5 rings (SSSR count). The van der Waals surface area contributed by atoms with E-state index in [1.807, 2.05) is 19.3 Å². The minimum atomic E-state index is -3.65. The van der Waals surface area contributed by atoms with Crippen molar-refractivity contribution in [1.29, 1.82) is 0 Å². The van der Waals surface area contributed by atoms with Crippen LogP contribution in [0.2, 0.25) is 0 Å². The summed E-state index contributed by atoms with van der Waals surface area (Å²) in [5, 5.41) is 1.00. The van der Waals surface area contributed by atoms with Gasteiger partial charge in [0.1, 0.15) is 29.4 Å². The summed E-state index contributed by atoms with van der Waals surface area (Å²) in [6.07, 6.45) is 5.89. The summed E-state index contributed by atoms with van der Waals surface area (Å²) in [5.74, 6) is 1.02. The maximum atomic E-state index is 13.1. The van der Waals surface area contributed by atoms with Crippen LogP contribution in [0.3, 0.4) is 0 Å². The van der Waals surface area contributed by atoms with Crippen molar-refractivity contribution in [3.8, 4) is 0 Å². The molecule has 0 amide bonds. The van der Waals surface area contributed by atoms with Gasteiger partial charge in [-0.2, -0.15) is 0 Å². The molecule has 1 aliphatic rings. The molecule has 4 aromatic rings. The Hall–Kier alpha value is -3.73. The minimum Gasteiger partial charge on any atom is -0.355 e. The van der Waals surface area contributed by atoms with E-state index in [0.29, 0.717) is 11.3 Å². The van der Waals surface area contributed by atoms with Gasteiger partial charge in [0, 0.05) is 32.4 Å². The molecule has 9 nitrogen and oxygen atoms in total. The van der Waals surface area contributed by atoms with E-state index < -0.39 is 15.8 Å². The number of aromatic amines is 1. The highest BCUT2D eigenvalue weighted by molar-refractivity contribution is 7.91. The number of likely N-dealkylation sites (N-methyl/N-ethyl adjacent to an activating group) is 1. The van der Waals surface area contributed by atoms with Crippen LogP contribution in [0.15, 0.2) is 61.2 Å². The average molecular weight is 482 g/mol. The fourth-order valence-electron chi connectivity index (χ4n) is 4.22. The lowest BCUT2D eigenvalue weighted by Gasteiger charge is -2.26. The fourth-order valence-corrected chi connectivity index (χ4v) is 5.40. The molecule has 176 valence electrons. The van der Waals surface area contributed by atoms with Crippen molar-refractivity contribution in [2.24, 2.45) is 0 Å². The highest BCUT2D eigenvalue weighted by Gasteiger charge is 2.28. The Morgan fingerprint density at radius 2 is 1.97 bits per heavy atom. The van der Waals surface area contributed by atoms with Crippen molar-refractivity contribution in [2.45, 2.75) is 18.2 Å². The van der Waals surface area contributed by atoms with Crippen molar-refractivity contribution in [2.75, 3.05) is 34.7 Å². The molecule has 1 aromatic carbocycles. The van der Waals surface area contributed by atoms with Gasteiger partial charge in [-0.1, -0.05) is 12.1 Å². The number of hydrogen-bond donors (Lipinski definition) is 2. The van der Waals surface area contributed by atoms with E-state index in [2.05, 4.69) is 34.5 Å². The first-order chi connectivity index (χ1) is 16.4. The van der Waals surface area contributed by atoms with Gasteiger partial charge < -0.3 is 14.8 Å². The number of nitrogens with zero attached hydrogens (tertiary/aromatic N) is 5. The Balaban J connectivity index is 1.23. The molecule has 0 aliphatic carbocycles. The Bertz CT molecular complexity index is 1390. The topological polar surface area (TPSA) is 107 Å². The standard InChI is InChI=1S/C23H24FN7O2S/c1-30(19-9-11-31(13-19)23-20-8-10-25-22(20)27-15-28-23)21-7-6-18(12-26-21)29-34(32,33)14-16-2-4-17(24)5-3-16/h2-8,10,12,15,19,29H,9,11,13-14H2,1H3,(H,25,27,28)/t19-/m1/s1. The largest absolute Gasteiger partial charge is 0.355 e. The molecule has 2 N–H and O–H groups in total. The number of halogens is 1. The molecular formula is C23H24FN7O2S. The van der Waals surface area contributed by atoms with E-state index in [-0.39, 0.29) is 11.8 Å². The summed E-state index contributed by atoms with van der Waals surface area (Å²) in [6, 6.07) is 11.1. The smallest absolute Gasteiger partial charge is 0.236 e. The van der Waals surface area contributed by atoms with Gasteiger partial charge in [-0.05, 0) is 42.3 Å². The number of nitrogens with one attached hydrogen (secondary N) is 2. The quantitative estimate of drug-likeness (QED) is 0.418. The average Bonchev–Trinajstić information content (AvgIpc) is 3.50. The van der Waals surface area contributed by atoms with Gasteiger partial charge in [-0.25, -0.2) is 27.8 Å². The number of pyridine rings is 1. The van der Waals surface area contributed by atoms with Crippen molar-refractivity contribution in [1.82, 2.24) is 19.9 Å². The molecule has 0 radical (unpaired) electrons. The van der Waals surface area contributed by atoms with E-state index >= 15 is 0 Å².